The van der Waals surface area contributed by atoms with Gasteiger partial charge in [-0.15, -0.1) is 0 Å². The van der Waals surface area contributed by atoms with Crippen molar-refractivity contribution in [3.63, 3.8) is 0 Å². The molecule has 1 N–H and O–H groups in total. The van der Waals surface area contributed by atoms with E-state index < -0.39 is 0 Å². The number of rotatable bonds is 4. The lowest BCUT2D eigenvalue weighted by Crippen LogP contribution is -2.28. The number of amides is 1. The van der Waals surface area contributed by atoms with Crippen molar-refractivity contribution in [2.75, 3.05) is 19.4 Å². The van der Waals surface area contributed by atoms with Crippen LogP contribution in [0.2, 0.25) is 0 Å². The average molecular weight is 259 g/mol. The zero-order valence-electron chi connectivity index (χ0n) is 11.3. The molecule has 1 amide bonds. The summed E-state index contributed by atoms with van der Waals surface area (Å²) in [6, 6.07) is 1.71. The van der Waals surface area contributed by atoms with Crippen LogP contribution in [0.4, 0.5) is 5.69 Å². The second-order valence-electron chi connectivity index (χ2n) is 4.29. The Bertz CT molecular complexity index is 578. The first kappa shape index (κ1) is 13.1. The number of aromatic nitrogens is 3. The van der Waals surface area contributed by atoms with Gasteiger partial charge in [0.05, 0.1) is 24.0 Å². The van der Waals surface area contributed by atoms with E-state index in [0.29, 0.717) is 12.1 Å². The number of pyridine rings is 1. The number of hydrogen-bond acceptors (Lipinski definition) is 4. The van der Waals surface area contributed by atoms with E-state index in [0.717, 1.165) is 11.5 Å². The standard InChI is InChI=1S/C13H17N5O/c1-14-11-8-15-5-4-10(11)13(19)18(3)9-12-16-6-7-17(12)2/h4-8,14H,9H2,1-3H3. The zero-order chi connectivity index (χ0) is 13.8. The molecule has 2 aromatic rings. The fraction of sp³-hybridized carbons (Fsp3) is 0.308. The summed E-state index contributed by atoms with van der Waals surface area (Å²) >= 11 is 0. The number of hydrogen-bond donors (Lipinski definition) is 1. The fourth-order valence-corrected chi connectivity index (χ4v) is 1.82. The van der Waals surface area contributed by atoms with Crippen LogP contribution in [-0.2, 0) is 13.6 Å². The summed E-state index contributed by atoms with van der Waals surface area (Å²) in [5.41, 5.74) is 1.33. The van der Waals surface area contributed by atoms with Gasteiger partial charge in [-0.3, -0.25) is 9.78 Å². The summed E-state index contributed by atoms with van der Waals surface area (Å²) in [5, 5.41) is 2.97. The molecule has 0 spiro atoms. The van der Waals surface area contributed by atoms with Gasteiger partial charge >= 0.3 is 0 Å². The van der Waals surface area contributed by atoms with Crippen LogP contribution in [0, 0.1) is 0 Å². The first-order valence-electron chi connectivity index (χ1n) is 5.97. The van der Waals surface area contributed by atoms with Crippen LogP contribution in [-0.4, -0.2) is 39.4 Å². The fourth-order valence-electron chi connectivity index (χ4n) is 1.82. The van der Waals surface area contributed by atoms with Crippen molar-refractivity contribution in [2.45, 2.75) is 6.54 Å². The van der Waals surface area contributed by atoms with Crippen LogP contribution in [0.25, 0.3) is 0 Å². The largest absolute Gasteiger partial charge is 0.386 e. The Hall–Kier alpha value is -2.37. The Morgan fingerprint density at radius 1 is 1.47 bits per heavy atom. The van der Waals surface area contributed by atoms with E-state index in [1.807, 2.05) is 17.8 Å². The van der Waals surface area contributed by atoms with E-state index in [-0.39, 0.29) is 5.91 Å². The maximum atomic E-state index is 12.4. The van der Waals surface area contributed by atoms with Gasteiger partial charge in [-0.05, 0) is 6.07 Å². The predicted molar refractivity (Wildman–Crippen MR) is 72.8 cm³/mol. The Labute approximate surface area is 112 Å². The number of carbonyl (C=O) groups is 1. The van der Waals surface area contributed by atoms with E-state index >= 15 is 0 Å². The van der Waals surface area contributed by atoms with Crippen molar-refractivity contribution >= 4 is 11.6 Å². The molecule has 6 nitrogen and oxygen atoms in total. The number of anilines is 1. The van der Waals surface area contributed by atoms with Crippen molar-refractivity contribution in [1.29, 1.82) is 0 Å². The molecule has 0 aliphatic carbocycles. The maximum absolute atomic E-state index is 12.4. The van der Waals surface area contributed by atoms with Gasteiger partial charge in [0, 0.05) is 39.7 Å². The normalized spacial score (nSPS) is 10.3. The quantitative estimate of drug-likeness (QED) is 0.894. The molecule has 0 atom stereocenters. The van der Waals surface area contributed by atoms with Crippen LogP contribution < -0.4 is 5.32 Å². The molecule has 0 aliphatic heterocycles. The molecular formula is C13H17N5O. The van der Waals surface area contributed by atoms with Crippen molar-refractivity contribution in [3.8, 4) is 0 Å². The van der Waals surface area contributed by atoms with Crippen LogP contribution in [0.3, 0.4) is 0 Å². The van der Waals surface area contributed by atoms with Crippen molar-refractivity contribution < 1.29 is 4.79 Å². The highest BCUT2D eigenvalue weighted by Gasteiger charge is 2.16. The molecule has 0 unspecified atom stereocenters. The van der Waals surface area contributed by atoms with Crippen LogP contribution in [0.5, 0.6) is 0 Å². The van der Waals surface area contributed by atoms with Gasteiger partial charge in [0.2, 0.25) is 0 Å². The molecule has 2 heterocycles. The molecule has 0 saturated carbocycles. The second-order valence-corrected chi connectivity index (χ2v) is 4.29. The Balaban J connectivity index is 2.17. The summed E-state index contributed by atoms with van der Waals surface area (Å²) in [6.45, 7) is 0.466. The lowest BCUT2D eigenvalue weighted by Gasteiger charge is -2.18. The molecule has 0 fully saturated rings. The summed E-state index contributed by atoms with van der Waals surface area (Å²) in [5.74, 6) is 0.783. The van der Waals surface area contributed by atoms with E-state index in [4.69, 9.17) is 0 Å². The minimum absolute atomic E-state index is 0.0604. The third-order valence-corrected chi connectivity index (χ3v) is 2.97. The molecule has 0 aliphatic rings. The van der Waals surface area contributed by atoms with Crippen LogP contribution >= 0.6 is 0 Å². The summed E-state index contributed by atoms with van der Waals surface area (Å²) in [4.78, 5) is 22.2. The maximum Gasteiger partial charge on any atom is 0.256 e. The highest BCUT2D eigenvalue weighted by atomic mass is 16.2. The molecule has 19 heavy (non-hydrogen) atoms. The number of carbonyl (C=O) groups excluding carboxylic acids is 1. The Morgan fingerprint density at radius 3 is 2.89 bits per heavy atom. The third-order valence-electron chi connectivity index (χ3n) is 2.97. The number of aryl methyl sites for hydroxylation is 1. The minimum atomic E-state index is -0.0604. The van der Waals surface area contributed by atoms with Crippen LogP contribution in [0.1, 0.15) is 16.2 Å². The number of nitrogens with zero attached hydrogens (tertiary/aromatic N) is 4. The average Bonchev–Trinajstić information content (AvgIpc) is 2.83. The topological polar surface area (TPSA) is 63.1 Å². The van der Waals surface area contributed by atoms with Gasteiger partial charge in [-0.25, -0.2) is 4.98 Å². The Morgan fingerprint density at radius 2 is 2.26 bits per heavy atom. The highest BCUT2D eigenvalue weighted by Crippen LogP contribution is 2.15. The van der Waals surface area contributed by atoms with E-state index in [1.54, 1.807) is 43.7 Å². The van der Waals surface area contributed by atoms with Gasteiger partial charge in [-0.1, -0.05) is 0 Å². The summed E-state index contributed by atoms with van der Waals surface area (Å²) < 4.78 is 1.90. The molecule has 0 radical (unpaired) electrons. The molecule has 0 saturated heterocycles. The summed E-state index contributed by atoms with van der Waals surface area (Å²) in [6.07, 6.45) is 6.84. The SMILES string of the molecule is CNc1cnccc1C(=O)N(C)Cc1nccn1C. The second kappa shape index (κ2) is 5.51. The molecular weight excluding hydrogens is 242 g/mol. The number of nitrogens with one attached hydrogen (secondary N) is 1. The van der Waals surface area contributed by atoms with Crippen molar-refractivity contribution in [1.82, 2.24) is 19.4 Å². The molecule has 6 heteroatoms. The number of imidazole rings is 1. The predicted octanol–water partition coefficient (Wildman–Crippen LogP) is 1.13. The van der Waals surface area contributed by atoms with Gasteiger partial charge in [0.1, 0.15) is 5.82 Å². The molecule has 2 rings (SSSR count). The van der Waals surface area contributed by atoms with Crippen molar-refractivity contribution in [2.24, 2.45) is 7.05 Å². The highest BCUT2D eigenvalue weighted by molar-refractivity contribution is 5.99. The van der Waals surface area contributed by atoms with Gasteiger partial charge in [-0.2, -0.15) is 0 Å². The van der Waals surface area contributed by atoms with E-state index in [1.165, 1.54) is 0 Å². The molecule has 2 aromatic heterocycles. The van der Waals surface area contributed by atoms with E-state index in [2.05, 4.69) is 15.3 Å². The monoisotopic (exact) mass is 259 g/mol. The molecule has 100 valence electrons. The molecule has 0 bridgehead atoms. The summed E-state index contributed by atoms with van der Waals surface area (Å²) in [7, 11) is 5.44. The first-order valence-corrected chi connectivity index (χ1v) is 5.97. The Kier molecular flexibility index (Phi) is 3.79. The zero-order valence-corrected chi connectivity index (χ0v) is 11.3. The third kappa shape index (κ3) is 2.73. The lowest BCUT2D eigenvalue weighted by atomic mass is 10.2. The smallest absolute Gasteiger partial charge is 0.256 e. The van der Waals surface area contributed by atoms with Gasteiger partial charge < -0.3 is 14.8 Å². The van der Waals surface area contributed by atoms with Crippen LogP contribution in [0.15, 0.2) is 30.9 Å². The minimum Gasteiger partial charge on any atom is -0.386 e. The molecule has 0 aromatic carbocycles. The lowest BCUT2D eigenvalue weighted by molar-refractivity contribution is 0.0781. The van der Waals surface area contributed by atoms with E-state index in [9.17, 15) is 4.79 Å². The van der Waals surface area contributed by atoms with Gasteiger partial charge in [0.15, 0.2) is 0 Å². The van der Waals surface area contributed by atoms with Gasteiger partial charge in [0.25, 0.3) is 5.91 Å². The first-order chi connectivity index (χ1) is 9.13. The van der Waals surface area contributed by atoms with Crippen molar-refractivity contribution in [3.05, 3.63) is 42.2 Å².